The highest BCUT2D eigenvalue weighted by Gasteiger charge is 2.30. The zero-order valence-corrected chi connectivity index (χ0v) is 74.7. The van der Waals surface area contributed by atoms with Crippen molar-refractivity contribution in [3.8, 4) is 12.3 Å². The summed E-state index contributed by atoms with van der Waals surface area (Å²) < 4.78 is 52.4. The van der Waals surface area contributed by atoms with Crippen LogP contribution in [0.1, 0.15) is 319 Å². The molecule has 13 heterocycles. The molecule has 13 rings (SSSR count). The van der Waals surface area contributed by atoms with Gasteiger partial charge in [-0.15, -0.1) is 40.4 Å². The minimum atomic E-state index is -0.771. The predicted octanol–water partition coefficient (Wildman–Crippen LogP) is 27.9. The van der Waals surface area contributed by atoms with Crippen LogP contribution in [0.4, 0.5) is 13.2 Å². The highest BCUT2D eigenvalue weighted by Crippen LogP contribution is 2.35. The molecular weight excluding hydrogens is 1520 g/mol. The Morgan fingerprint density at radius 2 is 1.10 bits per heavy atom. The molecule has 21 heteroatoms. The van der Waals surface area contributed by atoms with Crippen LogP contribution in [0.5, 0.6) is 0 Å². The molecule has 2 aliphatic rings. The Labute approximate surface area is 698 Å². The summed E-state index contributed by atoms with van der Waals surface area (Å²) in [6.07, 6.45) is 19.9. The Morgan fingerprint density at radius 3 is 1.48 bits per heavy atom. The predicted molar refractivity (Wildman–Crippen MR) is 472 cm³/mol. The van der Waals surface area contributed by atoms with E-state index in [1.807, 2.05) is 98.7 Å². The fraction of sp³-hybridized carbons (Fsp3) is 0.467. The number of thiazole rings is 1. The maximum atomic E-state index is 12.8. The Hall–Kier alpha value is -7.80. The summed E-state index contributed by atoms with van der Waals surface area (Å²) in [5.74, 6) is 7.16. The maximum Gasteiger partial charge on any atom is 0.218 e. The SMILES string of the molecule is C.C#Cc1csc(C(C)C)c1.CC(C)c1ccc(F)nc1.CC(C)c1ccc(F)nc1F.CC(C)c1cccnc1.CC(C)c1cccnc1Cl.CC(C)c1cocn1.CC(C)c1csc2c1CCN(C1COC1)C2.CC(C)c1cscn1.Cc1nc(Cl)ccc1C(C)C.Cc1ncccc1C(C)C.Cc1ncoc1C(C)C. The number of hydrogen-bond donors (Lipinski definition) is 0. The van der Waals surface area contributed by atoms with E-state index >= 15 is 0 Å². The number of halogens is 5. The quantitative estimate of drug-likeness (QED) is 0.0842. The fourth-order valence-electron chi connectivity index (χ4n) is 10.6. The number of aryl methyl sites for hydroxylation is 3. The number of thiophene rings is 2. The number of terminal acetylenes is 1. The molecule has 11 aromatic rings. The molecule has 13 nitrogen and oxygen atoms in total. The van der Waals surface area contributed by atoms with Gasteiger partial charge in [-0.1, -0.05) is 219 Å². The second kappa shape index (κ2) is 54.1. The Balaban J connectivity index is 0.000000424. The highest BCUT2D eigenvalue weighted by molar-refractivity contribution is 7.10. The van der Waals surface area contributed by atoms with Gasteiger partial charge in [-0.25, -0.2) is 29.9 Å². The van der Waals surface area contributed by atoms with Crippen LogP contribution in [-0.2, 0) is 17.7 Å². The zero-order chi connectivity index (χ0) is 83.7. The molecule has 0 radical (unpaired) electrons. The van der Waals surface area contributed by atoms with Gasteiger partial charge in [0, 0.05) is 93.0 Å². The summed E-state index contributed by atoms with van der Waals surface area (Å²) in [6, 6.07) is 24.5. The van der Waals surface area contributed by atoms with Crippen molar-refractivity contribution in [2.75, 3.05) is 19.8 Å². The second-order valence-electron chi connectivity index (χ2n) is 30.3. The molecule has 0 unspecified atom stereocenters. The van der Waals surface area contributed by atoms with Gasteiger partial charge in [0.1, 0.15) is 22.3 Å². The average Bonchev–Trinajstić information content (AvgIpc) is 1.66. The van der Waals surface area contributed by atoms with E-state index in [-0.39, 0.29) is 13.3 Å². The smallest absolute Gasteiger partial charge is 0.218 e. The summed E-state index contributed by atoms with van der Waals surface area (Å²) >= 11 is 16.9. The molecule has 2 aliphatic heterocycles. The summed E-state index contributed by atoms with van der Waals surface area (Å²) in [7, 11) is 0. The lowest BCUT2D eigenvalue weighted by Crippen LogP contribution is -2.50. The number of oxazole rings is 2. The first-order valence-electron chi connectivity index (χ1n) is 38.6. The summed E-state index contributed by atoms with van der Waals surface area (Å²) in [5.41, 5.74) is 18.1. The second-order valence-corrected chi connectivity index (χ2v) is 33.7. The van der Waals surface area contributed by atoms with Gasteiger partial charge >= 0.3 is 0 Å². The molecule has 616 valence electrons. The average molecular weight is 1650 g/mol. The van der Waals surface area contributed by atoms with Crippen LogP contribution < -0.4 is 0 Å². The third kappa shape index (κ3) is 38.0. The fourth-order valence-corrected chi connectivity index (χ4v) is 14.0. The van der Waals surface area contributed by atoms with E-state index in [2.05, 4.69) is 230 Å². The van der Waals surface area contributed by atoms with E-state index < -0.39 is 17.8 Å². The van der Waals surface area contributed by atoms with Crippen molar-refractivity contribution in [2.45, 2.75) is 265 Å². The Kier molecular flexibility index (Phi) is 48.5. The number of pyridine rings is 6. The lowest BCUT2D eigenvalue weighted by molar-refractivity contribution is -0.0691. The van der Waals surface area contributed by atoms with Crippen LogP contribution in [0, 0.1) is 51.0 Å². The summed E-state index contributed by atoms with van der Waals surface area (Å²) in [6.45, 7) is 56.8. The molecule has 0 N–H and O–H groups in total. The first kappa shape index (κ1) is 101. The molecule has 0 saturated carbocycles. The number of ether oxygens (including phenoxy) is 1. The Bertz CT molecular complexity index is 4210. The van der Waals surface area contributed by atoms with Crippen LogP contribution in [-0.4, -0.2) is 75.6 Å². The molecule has 0 spiro atoms. The molecular formula is C92H127Cl2F3N10O3S3. The van der Waals surface area contributed by atoms with Gasteiger partial charge in [-0.2, -0.15) is 18.2 Å². The van der Waals surface area contributed by atoms with Crippen molar-refractivity contribution in [1.29, 1.82) is 0 Å². The van der Waals surface area contributed by atoms with Gasteiger partial charge in [0.2, 0.25) is 17.8 Å². The molecule has 113 heavy (non-hydrogen) atoms. The molecule has 1 fully saturated rings. The van der Waals surface area contributed by atoms with Crippen molar-refractivity contribution in [2.24, 2.45) is 0 Å². The lowest BCUT2D eigenvalue weighted by Gasteiger charge is -2.39. The first-order chi connectivity index (χ1) is 53.0. The topological polar surface area (TPSA) is 155 Å². The van der Waals surface area contributed by atoms with E-state index in [0.29, 0.717) is 81.1 Å². The highest BCUT2D eigenvalue weighted by atomic mass is 35.5. The molecule has 0 aromatic carbocycles. The monoisotopic (exact) mass is 1640 g/mol. The van der Waals surface area contributed by atoms with Gasteiger partial charge in [-0.3, -0.25) is 14.9 Å². The van der Waals surface area contributed by atoms with E-state index in [4.69, 9.17) is 43.2 Å². The van der Waals surface area contributed by atoms with Gasteiger partial charge in [0.25, 0.3) is 0 Å². The van der Waals surface area contributed by atoms with Gasteiger partial charge < -0.3 is 13.6 Å². The summed E-state index contributed by atoms with van der Waals surface area (Å²) in [4.78, 5) is 40.5. The van der Waals surface area contributed by atoms with Crippen LogP contribution >= 0.6 is 57.2 Å². The summed E-state index contributed by atoms with van der Waals surface area (Å²) in [5, 5.41) is 7.68. The van der Waals surface area contributed by atoms with Crippen molar-refractivity contribution in [1.82, 2.24) is 49.8 Å². The molecule has 0 bridgehead atoms. The molecule has 0 atom stereocenters. The molecule has 0 amide bonds. The normalized spacial score (nSPS) is 12.0. The molecule has 0 aliphatic carbocycles. The minimum absolute atomic E-state index is 0. The van der Waals surface area contributed by atoms with Crippen LogP contribution in [0.3, 0.4) is 0 Å². The largest absolute Gasteiger partial charge is 0.451 e. The molecule has 1 saturated heterocycles. The number of rotatable bonds is 12. The standard InChI is InChI=1S/C13H19NOS.C9H12ClN.C9H13N.C9H10S.C8H10ClN.C8H9F2N.C8H10FN.C8H11N.C7H11NO.C6H9NO.C6H9NS.CH4/c1-9(2)12-8-16-13-5-14(4-3-11(12)13)10-6-15-7-10;1-6(2)8-4-5-9(10)11-7(8)3;1-7(2)9-5-4-6-10-8(9)3;1-4-8-5-9(7(2)3)10-6-8;1-6(2)7-4-3-5-10-8(7)9;1-5(2)6-3-4-7(9)11-8(6)10;1-6(2)7-3-4-8(9)10-5-7;1-7(2)8-4-3-5-9-6-8;1-5(2)7-6(3)8-4-9-7;2*1-5(2)6-3-8-4-7-6;/h8-10H,3-7H2,1-2H3;4-6H,1-3H3;4-7H,1-3H3;1,5-7H,2-3H3;3-6H,1-2H3;3-5H,1-2H3;3-6H,1-2H3;3-7H,1-2H3;4-5H,1-3H3;2*3-5H,1-2H3;1H4. The number of hydrogen-bond acceptors (Lipinski definition) is 16. The first-order valence-corrected chi connectivity index (χ1v) is 42.0. The number of aromatic nitrogens is 9. The van der Waals surface area contributed by atoms with Gasteiger partial charge in [0.05, 0.1) is 41.8 Å². The van der Waals surface area contributed by atoms with Gasteiger partial charge in [0.15, 0.2) is 12.8 Å². The zero-order valence-electron chi connectivity index (χ0n) is 70.8. The van der Waals surface area contributed by atoms with Crippen LogP contribution in [0.2, 0.25) is 10.3 Å². The third-order valence-electron chi connectivity index (χ3n) is 17.5. The van der Waals surface area contributed by atoms with E-state index in [9.17, 15) is 13.2 Å². The lowest BCUT2D eigenvalue weighted by atomic mass is 9.95. The Morgan fingerprint density at radius 1 is 0.513 bits per heavy atom. The van der Waals surface area contributed by atoms with Crippen molar-refractivity contribution in [3.05, 3.63) is 273 Å². The van der Waals surface area contributed by atoms with Crippen LogP contribution in [0.15, 0.2) is 159 Å². The van der Waals surface area contributed by atoms with E-state index in [1.165, 1.54) is 71.2 Å². The number of fused-ring (bicyclic) bond motifs is 1. The van der Waals surface area contributed by atoms with E-state index in [0.717, 1.165) is 65.0 Å². The van der Waals surface area contributed by atoms with Crippen LogP contribution in [0.25, 0.3) is 0 Å². The number of nitrogens with zero attached hydrogens (tertiary/aromatic N) is 10. The third-order valence-corrected chi connectivity index (χ3v) is 20.9. The van der Waals surface area contributed by atoms with Crippen molar-refractivity contribution < 1.29 is 26.7 Å². The van der Waals surface area contributed by atoms with Crippen molar-refractivity contribution in [3.63, 3.8) is 0 Å². The van der Waals surface area contributed by atoms with E-state index in [1.54, 1.807) is 69.6 Å². The molecule has 11 aromatic heterocycles. The van der Waals surface area contributed by atoms with Crippen molar-refractivity contribution >= 4 is 57.2 Å². The minimum Gasteiger partial charge on any atom is -0.451 e. The van der Waals surface area contributed by atoms with Gasteiger partial charge in [-0.05, 0) is 179 Å². The maximum absolute atomic E-state index is 12.8.